The van der Waals surface area contributed by atoms with Gasteiger partial charge < -0.3 is 19.5 Å². The predicted molar refractivity (Wildman–Crippen MR) is 127 cm³/mol. The summed E-state index contributed by atoms with van der Waals surface area (Å²) in [4.78, 5) is 4.40. The summed E-state index contributed by atoms with van der Waals surface area (Å²) in [5.74, 6) is 0.145. The largest absolute Gasteiger partial charge is 0.508 e. The summed E-state index contributed by atoms with van der Waals surface area (Å²) in [5.41, 5.74) is 0.320. The molecule has 0 saturated heterocycles. The first-order valence-corrected chi connectivity index (χ1v) is 14.7. The number of nitrogens with zero attached hydrogens (tertiary/aromatic N) is 2. The summed E-state index contributed by atoms with van der Waals surface area (Å²) < 4.78 is 22.2. The number of aromatic hydroxyl groups is 1. The highest BCUT2D eigenvalue weighted by Crippen LogP contribution is 2.34. The van der Waals surface area contributed by atoms with Gasteiger partial charge in [0.2, 0.25) is 0 Å². The maximum absolute atomic E-state index is 14.6. The second-order valence-electron chi connectivity index (χ2n) is 9.44. The zero-order valence-electron chi connectivity index (χ0n) is 19.3. The molecular weight excluding hydrogens is 423 g/mol. The van der Waals surface area contributed by atoms with E-state index in [1.165, 1.54) is 12.1 Å². The lowest BCUT2D eigenvalue weighted by Gasteiger charge is -2.28. The van der Waals surface area contributed by atoms with Crippen molar-refractivity contribution in [2.45, 2.75) is 57.8 Å². The maximum atomic E-state index is 14.6. The minimum Gasteiger partial charge on any atom is -0.508 e. The quantitative estimate of drug-likeness (QED) is 0.322. The van der Waals surface area contributed by atoms with Crippen LogP contribution < -0.4 is 0 Å². The number of imidazole rings is 1. The Morgan fingerprint density at radius 2 is 1.91 bits per heavy atom. The van der Waals surface area contributed by atoms with Crippen LogP contribution in [0.5, 0.6) is 5.75 Å². The fourth-order valence-electron chi connectivity index (χ4n) is 3.68. The fraction of sp³-hybridized carbons (Fsp3) is 0.400. The van der Waals surface area contributed by atoms with Crippen molar-refractivity contribution in [2.24, 2.45) is 0 Å². The lowest BCUT2D eigenvalue weighted by atomic mass is 9.88. The number of ether oxygens (including phenoxy) is 1. The molecule has 1 atom stereocenters. The first-order chi connectivity index (χ1) is 15.1. The molecule has 0 aliphatic heterocycles. The number of aromatic nitrogens is 2. The Balaban J connectivity index is 1.87. The van der Waals surface area contributed by atoms with Gasteiger partial charge in [0, 0.05) is 33.5 Å². The molecular formula is C25H33FN2O3Si. The summed E-state index contributed by atoms with van der Waals surface area (Å²) in [7, 11) is -1.20. The van der Waals surface area contributed by atoms with Crippen LogP contribution in [0.1, 0.15) is 35.9 Å². The summed E-state index contributed by atoms with van der Waals surface area (Å²) >= 11 is 0. The maximum Gasteiger partial charge on any atom is 0.147 e. The molecule has 172 valence electrons. The predicted octanol–water partition coefficient (Wildman–Crippen LogP) is 5.28. The smallest absolute Gasteiger partial charge is 0.147 e. The number of rotatable bonds is 10. The van der Waals surface area contributed by atoms with Gasteiger partial charge in [-0.1, -0.05) is 50.8 Å². The van der Waals surface area contributed by atoms with E-state index in [2.05, 4.69) is 24.6 Å². The molecule has 1 heterocycles. The van der Waals surface area contributed by atoms with Gasteiger partial charge in [0.15, 0.2) is 0 Å². The van der Waals surface area contributed by atoms with Crippen LogP contribution >= 0.6 is 0 Å². The molecule has 2 aromatic carbocycles. The van der Waals surface area contributed by atoms with Crippen molar-refractivity contribution >= 4 is 8.07 Å². The van der Waals surface area contributed by atoms with Crippen LogP contribution in [0.25, 0.3) is 0 Å². The number of hydrogen-bond donors (Lipinski definition) is 2. The standard InChI is InChI=1S/C25H33FN2O3Si/c1-5-25(30,24-27-10-11-28(24)18-31-12-13-32(2,3)4)21-15-19(16-22(26)17-21)14-20-8-6-7-9-23(20)29/h6-11,15-17,29-30H,5,12-14,18H2,1-4H3. The second-order valence-corrected chi connectivity index (χ2v) is 15.1. The molecule has 0 fully saturated rings. The van der Waals surface area contributed by atoms with E-state index in [0.29, 0.717) is 42.0 Å². The first kappa shape index (κ1) is 24.2. The highest BCUT2D eigenvalue weighted by Gasteiger charge is 2.35. The number of hydrogen-bond acceptors (Lipinski definition) is 4. The molecule has 0 aliphatic rings. The van der Waals surface area contributed by atoms with E-state index >= 15 is 0 Å². The van der Waals surface area contributed by atoms with Gasteiger partial charge in [-0.05, 0) is 47.4 Å². The van der Waals surface area contributed by atoms with Crippen molar-refractivity contribution < 1.29 is 19.3 Å². The fourth-order valence-corrected chi connectivity index (χ4v) is 4.44. The lowest BCUT2D eigenvalue weighted by Crippen LogP contribution is -2.31. The van der Waals surface area contributed by atoms with Gasteiger partial charge in [-0.15, -0.1) is 0 Å². The Bertz CT molecular complexity index is 1050. The molecule has 0 bridgehead atoms. The van der Waals surface area contributed by atoms with Crippen LogP contribution in [0.4, 0.5) is 4.39 Å². The highest BCUT2D eigenvalue weighted by molar-refractivity contribution is 6.76. The van der Waals surface area contributed by atoms with E-state index in [-0.39, 0.29) is 12.5 Å². The lowest BCUT2D eigenvalue weighted by molar-refractivity contribution is 0.0403. The van der Waals surface area contributed by atoms with E-state index in [1.807, 2.05) is 13.0 Å². The normalized spacial score (nSPS) is 13.8. The minimum atomic E-state index is -1.47. The summed E-state index contributed by atoms with van der Waals surface area (Å²) in [6.07, 6.45) is 4.07. The van der Waals surface area contributed by atoms with E-state index in [4.69, 9.17) is 4.74 Å². The zero-order valence-corrected chi connectivity index (χ0v) is 20.3. The summed E-state index contributed by atoms with van der Waals surface area (Å²) in [6, 6.07) is 12.6. The van der Waals surface area contributed by atoms with Crippen molar-refractivity contribution in [1.29, 1.82) is 0 Å². The molecule has 2 N–H and O–H groups in total. The highest BCUT2D eigenvalue weighted by atomic mass is 28.3. The number of benzene rings is 2. The number of para-hydroxylation sites is 1. The van der Waals surface area contributed by atoms with Crippen LogP contribution in [0.15, 0.2) is 54.9 Å². The molecule has 32 heavy (non-hydrogen) atoms. The molecule has 5 nitrogen and oxygen atoms in total. The number of phenols is 1. The van der Waals surface area contributed by atoms with Crippen LogP contribution in [0.2, 0.25) is 25.7 Å². The molecule has 0 spiro atoms. The third-order valence-electron chi connectivity index (χ3n) is 5.65. The van der Waals surface area contributed by atoms with E-state index < -0.39 is 19.5 Å². The molecule has 7 heteroatoms. The Morgan fingerprint density at radius 3 is 2.59 bits per heavy atom. The molecule has 3 rings (SSSR count). The Labute approximate surface area is 190 Å². The van der Waals surface area contributed by atoms with E-state index in [1.54, 1.807) is 41.2 Å². The first-order valence-electron chi connectivity index (χ1n) is 11.0. The average Bonchev–Trinajstić information content (AvgIpc) is 3.20. The molecule has 0 amide bonds. The molecule has 0 radical (unpaired) electrons. The molecule has 3 aromatic rings. The van der Waals surface area contributed by atoms with Gasteiger partial charge >= 0.3 is 0 Å². The van der Waals surface area contributed by atoms with Crippen molar-refractivity contribution in [2.75, 3.05) is 6.61 Å². The van der Waals surface area contributed by atoms with Crippen molar-refractivity contribution in [3.8, 4) is 5.75 Å². The monoisotopic (exact) mass is 456 g/mol. The number of aliphatic hydroxyl groups is 1. The van der Waals surface area contributed by atoms with Crippen molar-refractivity contribution in [3.05, 3.63) is 83.2 Å². The molecule has 1 unspecified atom stereocenters. The van der Waals surface area contributed by atoms with E-state index in [9.17, 15) is 14.6 Å². The topological polar surface area (TPSA) is 67.5 Å². The third-order valence-corrected chi connectivity index (χ3v) is 7.35. The summed E-state index contributed by atoms with van der Waals surface area (Å²) in [5, 5.41) is 21.7. The van der Waals surface area contributed by atoms with Gasteiger partial charge in [0.25, 0.3) is 0 Å². The van der Waals surface area contributed by atoms with Gasteiger partial charge in [0.1, 0.15) is 29.7 Å². The third kappa shape index (κ3) is 5.85. The van der Waals surface area contributed by atoms with Crippen LogP contribution in [0.3, 0.4) is 0 Å². The second kappa shape index (κ2) is 9.98. The zero-order chi connectivity index (χ0) is 23.4. The minimum absolute atomic E-state index is 0.162. The van der Waals surface area contributed by atoms with Crippen LogP contribution in [0, 0.1) is 5.82 Å². The SMILES string of the molecule is CCC(O)(c1cc(F)cc(Cc2ccccc2O)c1)c1nccn1COCC[Si](C)(C)C. The van der Waals surface area contributed by atoms with Crippen molar-refractivity contribution in [1.82, 2.24) is 9.55 Å². The van der Waals surface area contributed by atoms with Gasteiger partial charge in [-0.2, -0.15) is 0 Å². The van der Waals surface area contributed by atoms with Gasteiger partial charge in [0.05, 0.1) is 0 Å². The molecule has 1 aromatic heterocycles. The van der Waals surface area contributed by atoms with Crippen LogP contribution in [-0.2, 0) is 23.5 Å². The Morgan fingerprint density at radius 1 is 1.16 bits per heavy atom. The average molecular weight is 457 g/mol. The van der Waals surface area contributed by atoms with Crippen molar-refractivity contribution in [3.63, 3.8) is 0 Å². The number of halogens is 1. The van der Waals surface area contributed by atoms with E-state index in [0.717, 1.165) is 6.04 Å². The molecule has 0 saturated carbocycles. The summed E-state index contributed by atoms with van der Waals surface area (Å²) in [6.45, 7) is 9.67. The molecule has 0 aliphatic carbocycles. The van der Waals surface area contributed by atoms with Crippen LogP contribution in [-0.4, -0.2) is 34.4 Å². The van der Waals surface area contributed by atoms with Gasteiger partial charge in [-0.3, -0.25) is 0 Å². The Hall–Kier alpha value is -2.48. The van der Waals surface area contributed by atoms with Gasteiger partial charge in [-0.25, -0.2) is 9.37 Å². The number of phenolic OH excluding ortho intramolecular Hbond substituents is 1. The Kier molecular flexibility index (Phi) is 7.54.